The van der Waals surface area contributed by atoms with Gasteiger partial charge < -0.3 is 10.6 Å². The third-order valence-corrected chi connectivity index (χ3v) is 5.17. The fraction of sp³-hybridized carbons (Fsp3) is 0.636. The minimum atomic E-state index is 0.00596. The standard InChI is InChI=1S/C22H34N2O2/c1-15(2)14-23-20(25)16-6-8-17(9-7-16)21(26)24-19-12-10-18(11-13-19)22(3,4)5/h10-13,15-17H,6-9,14H2,1-5H3,(H,23,25)(H,24,26). The van der Waals surface area contributed by atoms with Gasteiger partial charge >= 0.3 is 0 Å². The summed E-state index contributed by atoms with van der Waals surface area (Å²) < 4.78 is 0. The van der Waals surface area contributed by atoms with Crippen molar-refractivity contribution in [3.05, 3.63) is 29.8 Å². The van der Waals surface area contributed by atoms with Gasteiger partial charge in [-0.2, -0.15) is 0 Å². The minimum Gasteiger partial charge on any atom is -0.356 e. The molecule has 4 nitrogen and oxygen atoms in total. The fourth-order valence-corrected chi connectivity index (χ4v) is 3.36. The molecular formula is C22H34N2O2. The van der Waals surface area contributed by atoms with E-state index >= 15 is 0 Å². The molecule has 0 heterocycles. The van der Waals surface area contributed by atoms with Gasteiger partial charge in [0.15, 0.2) is 0 Å². The van der Waals surface area contributed by atoms with Crippen LogP contribution >= 0.6 is 0 Å². The van der Waals surface area contributed by atoms with Crippen LogP contribution in [0, 0.1) is 17.8 Å². The summed E-state index contributed by atoms with van der Waals surface area (Å²) in [4.78, 5) is 24.7. The Hall–Kier alpha value is -1.84. The molecule has 0 radical (unpaired) electrons. The van der Waals surface area contributed by atoms with Crippen molar-refractivity contribution in [2.45, 2.75) is 65.7 Å². The quantitative estimate of drug-likeness (QED) is 0.814. The first-order valence-corrected chi connectivity index (χ1v) is 9.86. The Morgan fingerprint density at radius 1 is 0.962 bits per heavy atom. The van der Waals surface area contributed by atoms with Gasteiger partial charge in [-0.3, -0.25) is 9.59 Å². The normalized spacial score (nSPS) is 20.7. The maximum atomic E-state index is 12.5. The molecule has 1 fully saturated rings. The minimum absolute atomic E-state index is 0.00596. The van der Waals surface area contributed by atoms with Gasteiger partial charge in [0.1, 0.15) is 0 Å². The smallest absolute Gasteiger partial charge is 0.227 e. The average Bonchev–Trinajstić information content (AvgIpc) is 2.59. The first-order valence-electron chi connectivity index (χ1n) is 9.86. The van der Waals surface area contributed by atoms with Gasteiger partial charge in [0, 0.05) is 24.1 Å². The summed E-state index contributed by atoms with van der Waals surface area (Å²) in [5.41, 5.74) is 2.21. The van der Waals surface area contributed by atoms with Crippen LogP contribution < -0.4 is 10.6 Å². The second kappa shape index (κ2) is 8.70. The van der Waals surface area contributed by atoms with Gasteiger partial charge in [0.25, 0.3) is 0 Å². The number of nitrogens with one attached hydrogen (secondary N) is 2. The molecule has 1 aliphatic rings. The van der Waals surface area contributed by atoms with E-state index in [9.17, 15) is 9.59 Å². The van der Waals surface area contributed by atoms with E-state index in [-0.39, 0.29) is 29.1 Å². The lowest BCUT2D eigenvalue weighted by Gasteiger charge is -2.27. The van der Waals surface area contributed by atoms with Crippen molar-refractivity contribution < 1.29 is 9.59 Å². The molecule has 0 bridgehead atoms. The maximum absolute atomic E-state index is 12.5. The molecule has 0 aliphatic heterocycles. The van der Waals surface area contributed by atoms with E-state index in [1.54, 1.807) is 0 Å². The van der Waals surface area contributed by atoms with Crippen molar-refractivity contribution >= 4 is 17.5 Å². The third kappa shape index (κ3) is 5.86. The molecule has 2 amide bonds. The lowest BCUT2D eigenvalue weighted by atomic mass is 9.81. The van der Waals surface area contributed by atoms with E-state index in [1.807, 2.05) is 12.1 Å². The zero-order valence-electron chi connectivity index (χ0n) is 16.9. The largest absolute Gasteiger partial charge is 0.356 e. The average molecular weight is 359 g/mol. The predicted octanol–water partition coefficient (Wildman–Crippen LogP) is 4.50. The lowest BCUT2D eigenvalue weighted by Crippen LogP contribution is -2.37. The van der Waals surface area contributed by atoms with Gasteiger partial charge in [-0.05, 0) is 54.7 Å². The number of benzene rings is 1. The number of anilines is 1. The third-order valence-electron chi connectivity index (χ3n) is 5.17. The Morgan fingerprint density at radius 3 is 1.92 bits per heavy atom. The molecule has 1 aromatic carbocycles. The molecule has 0 aromatic heterocycles. The van der Waals surface area contributed by atoms with Crippen LogP contribution in [0.1, 0.15) is 65.9 Å². The molecule has 1 saturated carbocycles. The molecule has 2 N–H and O–H groups in total. The van der Waals surface area contributed by atoms with Crippen LogP contribution in [0.15, 0.2) is 24.3 Å². The van der Waals surface area contributed by atoms with Gasteiger partial charge in [-0.15, -0.1) is 0 Å². The van der Waals surface area contributed by atoms with Crippen molar-refractivity contribution in [1.29, 1.82) is 0 Å². The van der Waals surface area contributed by atoms with Gasteiger partial charge in [0.2, 0.25) is 11.8 Å². The Morgan fingerprint density at radius 2 is 1.46 bits per heavy atom. The van der Waals surface area contributed by atoms with Crippen LogP contribution in [0.4, 0.5) is 5.69 Å². The summed E-state index contributed by atoms with van der Waals surface area (Å²) in [6.07, 6.45) is 3.16. The monoisotopic (exact) mass is 358 g/mol. The molecule has 1 aromatic rings. The SMILES string of the molecule is CC(C)CNC(=O)C1CCC(C(=O)Nc2ccc(C(C)(C)C)cc2)CC1. The molecule has 0 atom stereocenters. The summed E-state index contributed by atoms with van der Waals surface area (Å²) in [5.74, 6) is 0.755. The number of hydrogen-bond donors (Lipinski definition) is 2. The summed E-state index contributed by atoms with van der Waals surface area (Å²) in [6, 6.07) is 8.10. The summed E-state index contributed by atoms with van der Waals surface area (Å²) >= 11 is 0. The number of rotatable bonds is 5. The van der Waals surface area contributed by atoms with Crippen molar-refractivity contribution in [3.63, 3.8) is 0 Å². The van der Waals surface area contributed by atoms with E-state index in [4.69, 9.17) is 0 Å². The molecule has 1 aliphatic carbocycles. The van der Waals surface area contributed by atoms with Crippen LogP contribution in [0.2, 0.25) is 0 Å². The highest BCUT2D eigenvalue weighted by Gasteiger charge is 2.30. The highest BCUT2D eigenvalue weighted by Crippen LogP contribution is 2.30. The van der Waals surface area contributed by atoms with E-state index in [2.05, 4.69) is 57.4 Å². The Balaban J connectivity index is 1.82. The van der Waals surface area contributed by atoms with Crippen molar-refractivity contribution in [1.82, 2.24) is 5.32 Å². The zero-order chi connectivity index (χ0) is 19.3. The molecule has 4 heteroatoms. The fourth-order valence-electron chi connectivity index (χ4n) is 3.36. The number of amides is 2. The second-order valence-corrected chi connectivity index (χ2v) is 9.00. The molecular weight excluding hydrogens is 324 g/mol. The summed E-state index contributed by atoms with van der Waals surface area (Å²) in [7, 11) is 0. The predicted molar refractivity (Wildman–Crippen MR) is 107 cm³/mol. The van der Waals surface area contributed by atoms with Gasteiger partial charge in [0.05, 0.1) is 0 Å². The summed E-state index contributed by atoms with van der Waals surface area (Å²) in [5, 5.41) is 6.05. The van der Waals surface area contributed by atoms with Crippen LogP contribution in [-0.2, 0) is 15.0 Å². The Kier molecular flexibility index (Phi) is 6.85. The zero-order valence-corrected chi connectivity index (χ0v) is 16.9. The summed E-state index contributed by atoms with van der Waals surface area (Å²) in [6.45, 7) is 11.4. The number of carbonyl (C=O) groups excluding carboxylic acids is 2. The second-order valence-electron chi connectivity index (χ2n) is 9.00. The highest BCUT2D eigenvalue weighted by atomic mass is 16.2. The molecule has 0 unspecified atom stereocenters. The number of carbonyl (C=O) groups is 2. The topological polar surface area (TPSA) is 58.2 Å². The van der Waals surface area contributed by atoms with Crippen molar-refractivity contribution in [2.24, 2.45) is 17.8 Å². The number of hydrogen-bond acceptors (Lipinski definition) is 2. The first-order chi connectivity index (χ1) is 12.2. The van der Waals surface area contributed by atoms with Crippen LogP contribution in [-0.4, -0.2) is 18.4 Å². The van der Waals surface area contributed by atoms with Gasteiger partial charge in [-0.1, -0.05) is 46.8 Å². The first kappa shape index (κ1) is 20.5. The molecule has 0 spiro atoms. The van der Waals surface area contributed by atoms with Crippen LogP contribution in [0.5, 0.6) is 0 Å². The molecule has 2 rings (SSSR count). The molecule has 144 valence electrons. The van der Waals surface area contributed by atoms with Gasteiger partial charge in [-0.25, -0.2) is 0 Å². The van der Waals surface area contributed by atoms with E-state index in [0.717, 1.165) is 37.9 Å². The van der Waals surface area contributed by atoms with Crippen molar-refractivity contribution in [2.75, 3.05) is 11.9 Å². The van der Waals surface area contributed by atoms with E-state index in [1.165, 1.54) is 5.56 Å². The Labute approximate surface area is 158 Å². The van der Waals surface area contributed by atoms with E-state index < -0.39 is 0 Å². The molecule has 26 heavy (non-hydrogen) atoms. The van der Waals surface area contributed by atoms with Crippen LogP contribution in [0.3, 0.4) is 0 Å². The van der Waals surface area contributed by atoms with E-state index in [0.29, 0.717) is 5.92 Å². The maximum Gasteiger partial charge on any atom is 0.227 e. The highest BCUT2D eigenvalue weighted by molar-refractivity contribution is 5.92. The lowest BCUT2D eigenvalue weighted by molar-refractivity contribution is -0.128. The Bertz CT molecular complexity index is 606. The van der Waals surface area contributed by atoms with Crippen molar-refractivity contribution in [3.8, 4) is 0 Å². The molecule has 0 saturated heterocycles. The van der Waals surface area contributed by atoms with Crippen LogP contribution in [0.25, 0.3) is 0 Å².